The fourth-order valence-corrected chi connectivity index (χ4v) is 2.92. The van der Waals surface area contributed by atoms with Crippen LogP contribution in [-0.4, -0.2) is 41.1 Å². The third-order valence-electron chi connectivity index (χ3n) is 2.71. The van der Waals surface area contributed by atoms with Crippen LogP contribution in [0.1, 0.15) is 10.4 Å². The highest BCUT2D eigenvalue weighted by molar-refractivity contribution is 7.99. The lowest BCUT2D eigenvalue weighted by atomic mass is 10.2. The van der Waals surface area contributed by atoms with Gasteiger partial charge in [-0.15, -0.1) is 11.8 Å². The lowest BCUT2D eigenvalue weighted by Crippen LogP contribution is -2.42. The molecule has 19 heavy (non-hydrogen) atoms. The molecule has 0 aliphatic carbocycles. The molecule has 1 saturated heterocycles. The molecule has 98 valence electrons. The topological polar surface area (TPSA) is 70.4 Å². The molecule has 0 unspecified atom stereocenters. The van der Waals surface area contributed by atoms with E-state index in [-0.39, 0.29) is 12.5 Å². The first-order valence-corrected chi connectivity index (χ1v) is 6.87. The van der Waals surface area contributed by atoms with Gasteiger partial charge >= 0.3 is 5.97 Å². The molecule has 1 heterocycles. The van der Waals surface area contributed by atoms with Crippen LogP contribution < -0.4 is 0 Å². The number of ether oxygens (including phenoxy) is 1. The number of hydrogen-bond donors (Lipinski definition) is 0. The molecule has 1 atom stereocenters. The van der Waals surface area contributed by atoms with Gasteiger partial charge in [0.15, 0.2) is 6.61 Å². The molecular formula is C13H12N2O3S. The molecule has 0 aromatic heterocycles. The van der Waals surface area contributed by atoms with E-state index >= 15 is 0 Å². The van der Waals surface area contributed by atoms with E-state index in [2.05, 4.69) is 0 Å². The van der Waals surface area contributed by atoms with Crippen LogP contribution in [0.15, 0.2) is 30.3 Å². The number of benzene rings is 1. The highest BCUT2D eigenvalue weighted by Gasteiger charge is 2.36. The van der Waals surface area contributed by atoms with E-state index in [0.29, 0.717) is 17.2 Å². The first-order chi connectivity index (χ1) is 9.24. The molecule has 5 nitrogen and oxygen atoms in total. The molecule has 0 N–H and O–H groups in total. The van der Waals surface area contributed by atoms with Crippen molar-refractivity contribution >= 4 is 23.6 Å². The van der Waals surface area contributed by atoms with Gasteiger partial charge in [0, 0.05) is 11.3 Å². The van der Waals surface area contributed by atoms with E-state index in [0.717, 1.165) is 0 Å². The van der Waals surface area contributed by atoms with Gasteiger partial charge in [-0.25, -0.2) is 4.79 Å². The van der Waals surface area contributed by atoms with Gasteiger partial charge in [-0.05, 0) is 12.1 Å². The second kappa shape index (κ2) is 6.25. The van der Waals surface area contributed by atoms with Gasteiger partial charge in [-0.1, -0.05) is 18.2 Å². The van der Waals surface area contributed by atoms with Gasteiger partial charge < -0.3 is 9.64 Å². The molecule has 1 aliphatic heterocycles. The summed E-state index contributed by atoms with van der Waals surface area (Å²) in [5, 5.41) is 8.40. The molecule has 1 amide bonds. The third-order valence-corrected chi connectivity index (χ3v) is 3.73. The fourth-order valence-electron chi connectivity index (χ4n) is 1.78. The Labute approximate surface area is 115 Å². The first kappa shape index (κ1) is 13.4. The van der Waals surface area contributed by atoms with Crippen LogP contribution in [0.5, 0.6) is 0 Å². The quantitative estimate of drug-likeness (QED) is 0.777. The van der Waals surface area contributed by atoms with Crippen molar-refractivity contribution in [2.45, 2.75) is 6.04 Å². The second-order valence-corrected chi connectivity index (χ2v) is 4.92. The Morgan fingerprint density at radius 2 is 2.16 bits per heavy atom. The fraction of sp³-hybridized carbons (Fsp3) is 0.308. The summed E-state index contributed by atoms with van der Waals surface area (Å²) in [5.74, 6) is 0.253. The van der Waals surface area contributed by atoms with Crippen LogP contribution in [0, 0.1) is 11.3 Å². The van der Waals surface area contributed by atoms with E-state index in [9.17, 15) is 9.59 Å². The second-order valence-electron chi connectivity index (χ2n) is 3.92. The molecule has 0 radical (unpaired) electrons. The van der Waals surface area contributed by atoms with Crippen molar-refractivity contribution in [3.05, 3.63) is 35.9 Å². The SMILES string of the molecule is N#CCOC(=O)[C@@H]1CSCN1C(=O)c1ccccc1. The van der Waals surface area contributed by atoms with Crippen molar-refractivity contribution in [2.75, 3.05) is 18.2 Å². The molecule has 0 saturated carbocycles. The van der Waals surface area contributed by atoms with Gasteiger partial charge in [-0.2, -0.15) is 5.26 Å². The van der Waals surface area contributed by atoms with Crippen molar-refractivity contribution < 1.29 is 14.3 Å². The maximum absolute atomic E-state index is 12.3. The van der Waals surface area contributed by atoms with E-state index in [4.69, 9.17) is 10.00 Å². The van der Waals surface area contributed by atoms with Crippen molar-refractivity contribution in [3.8, 4) is 6.07 Å². The third kappa shape index (κ3) is 3.06. The highest BCUT2D eigenvalue weighted by Crippen LogP contribution is 2.24. The summed E-state index contributed by atoms with van der Waals surface area (Å²) in [5.41, 5.74) is 0.545. The van der Waals surface area contributed by atoms with Crippen LogP contribution in [0.25, 0.3) is 0 Å². The average molecular weight is 276 g/mol. The molecule has 1 aliphatic rings. The Balaban J connectivity index is 2.09. The Morgan fingerprint density at radius 3 is 2.84 bits per heavy atom. The van der Waals surface area contributed by atoms with E-state index in [1.165, 1.54) is 16.7 Å². The Morgan fingerprint density at radius 1 is 1.42 bits per heavy atom. The molecule has 6 heteroatoms. The number of nitriles is 1. The molecule has 1 fully saturated rings. The number of amides is 1. The number of esters is 1. The van der Waals surface area contributed by atoms with Gasteiger partial charge in [0.25, 0.3) is 5.91 Å². The summed E-state index contributed by atoms with van der Waals surface area (Å²) < 4.78 is 4.78. The summed E-state index contributed by atoms with van der Waals surface area (Å²) in [7, 11) is 0. The maximum atomic E-state index is 12.3. The lowest BCUT2D eigenvalue weighted by Gasteiger charge is -2.21. The molecular weight excluding hydrogens is 264 g/mol. The summed E-state index contributed by atoms with van der Waals surface area (Å²) in [6.45, 7) is -0.284. The molecule has 1 aromatic carbocycles. The van der Waals surface area contributed by atoms with Crippen LogP contribution >= 0.6 is 11.8 Å². The lowest BCUT2D eigenvalue weighted by molar-refractivity contribution is -0.146. The van der Waals surface area contributed by atoms with Crippen LogP contribution in [0.4, 0.5) is 0 Å². The minimum absolute atomic E-state index is 0.190. The van der Waals surface area contributed by atoms with Gasteiger partial charge in [-0.3, -0.25) is 4.79 Å². The van der Waals surface area contributed by atoms with E-state index in [1.54, 1.807) is 30.3 Å². The van der Waals surface area contributed by atoms with Crippen molar-refractivity contribution in [1.29, 1.82) is 5.26 Å². The first-order valence-electron chi connectivity index (χ1n) is 5.71. The number of thioether (sulfide) groups is 1. The number of hydrogen-bond acceptors (Lipinski definition) is 5. The normalized spacial score (nSPS) is 17.8. The highest BCUT2D eigenvalue weighted by atomic mass is 32.2. The molecule has 0 spiro atoms. The van der Waals surface area contributed by atoms with E-state index in [1.807, 2.05) is 6.07 Å². The van der Waals surface area contributed by atoms with Crippen molar-refractivity contribution in [1.82, 2.24) is 4.90 Å². The predicted molar refractivity (Wildman–Crippen MR) is 70.3 cm³/mol. The summed E-state index contributed by atoms with van der Waals surface area (Å²) in [6, 6.07) is 9.94. The minimum atomic E-state index is -0.606. The molecule has 0 bridgehead atoms. The number of rotatable bonds is 3. The number of nitrogens with zero attached hydrogens (tertiary/aromatic N) is 2. The van der Waals surface area contributed by atoms with Crippen LogP contribution in [0.3, 0.4) is 0 Å². The Hall–Kier alpha value is -2.00. The maximum Gasteiger partial charge on any atom is 0.330 e. The number of carbonyl (C=O) groups excluding carboxylic acids is 2. The smallest absolute Gasteiger partial charge is 0.330 e. The summed E-state index contributed by atoms with van der Waals surface area (Å²) in [4.78, 5) is 25.5. The summed E-state index contributed by atoms with van der Waals surface area (Å²) >= 11 is 1.50. The largest absolute Gasteiger partial charge is 0.449 e. The van der Waals surface area contributed by atoms with Crippen molar-refractivity contribution in [2.24, 2.45) is 0 Å². The number of carbonyl (C=O) groups is 2. The molecule has 2 rings (SSSR count). The van der Waals surface area contributed by atoms with Crippen LogP contribution in [0.2, 0.25) is 0 Å². The monoisotopic (exact) mass is 276 g/mol. The van der Waals surface area contributed by atoms with Gasteiger partial charge in [0.2, 0.25) is 0 Å². The van der Waals surface area contributed by atoms with Gasteiger partial charge in [0.1, 0.15) is 12.1 Å². The standard InChI is InChI=1S/C13H12N2O3S/c14-6-7-18-13(17)11-8-19-9-15(11)12(16)10-4-2-1-3-5-10/h1-5,11H,7-9H2/t11-/m0/s1. The zero-order valence-electron chi connectivity index (χ0n) is 10.1. The van der Waals surface area contributed by atoms with E-state index < -0.39 is 12.0 Å². The van der Waals surface area contributed by atoms with Crippen molar-refractivity contribution in [3.63, 3.8) is 0 Å². The average Bonchev–Trinajstić information content (AvgIpc) is 2.94. The zero-order valence-corrected chi connectivity index (χ0v) is 10.9. The zero-order chi connectivity index (χ0) is 13.7. The summed E-state index contributed by atoms with van der Waals surface area (Å²) in [6.07, 6.45) is 0. The molecule has 1 aromatic rings. The Kier molecular flexibility index (Phi) is 4.42. The van der Waals surface area contributed by atoms with Gasteiger partial charge in [0.05, 0.1) is 5.88 Å². The predicted octanol–water partition coefficient (Wildman–Crippen LogP) is 1.27. The Bertz CT molecular complexity index is 512. The minimum Gasteiger partial charge on any atom is -0.449 e. The van der Waals surface area contributed by atoms with Crippen LogP contribution in [-0.2, 0) is 9.53 Å².